The van der Waals surface area contributed by atoms with E-state index in [-0.39, 0.29) is 22.6 Å². The van der Waals surface area contributed by atoms with Crippen LogP contribution in [0.1, 0.15) is 56.2 Å². The van der Waals surface area contributed by atoms with Gasteiger partial charge in [0.25, 0.3) is 11.5 Å². The van der Waals surface area contributed by atoms with E-state index in [1.54, 1.807) is 11.5 Å². The number of carbonyl (C=O) groups is 1. The van der Waals surface area contributed by atoms with Crippen molar-refractivity contribution in [2.24, 2.45) is 5.92 Å². The van der Waals surface area contributed by atoms with Crippen molar-refractivity contribution in [1.82, 2.24) is 19.8 Å². The van der Waals surface area contributed by atoms with Gasteiger partial charge in [0.05, 0.1) is 5.56 Å². The number of aromatic nitrogens is 2. The summed E-state index contributed by atoms with van der Waals surface area (Å²) in [6.07, 6.45) is 5.19. The molecule has 0 radical (unpaired) electrons. The molecule has 2 aromatic rings. The smallest absolute Gasteiger partial charge is 0.265 e. The van der Waals surface area contributed by atoms with E-state index < -0.39 is 0 Å². The quantitative estimate of drug-likeness (QED) is 0.840. The number of rotatable bonds is 6. The number of hydrogen-bond acceptors (Lipinski definition) is 5. The van der Waals surface area contributed by atoms with Gasteiger partial charge < -0.3 is 9.73 Å². The van der Waals surface area contributed by atoms with Crippen molar-refractivity contribution in [3.63, 3.8) is 0 Å². The Bertz CT molecular complexity index is 868. The van der Waals surface area contributed by atoms with Crippen LogP contribution in [0.2, 0.25) is 0 Å². The van der Waals surface area contributed by atoms with Gasteiger partial charge in [0.15, 0.2) is 0 Å². The molecule has 0 spiro atoms. The SMILES string of the molecule is Cc1oc2ncn(CC(C)C)c(=O)c2c1C(=O)NCCN1CCCC[C@@H]1C. The minimum absolute atomic E-state index is 0.222. The second-order valence-electron chi connectivity index (χ2n) is 7.95. The second-order valence-corrected chi connectivity index (χ2v) is 7.95. The highest BCUT2D eigenvalue weighted by Crippen LogP contribution is 2.21. The maximum atomic E-state index is 12.8. The third-order valence-electron chi connectivity index (χ3n) is 5.27. The van der Waals surface area contributed by atoms with Gasteiger partial charge in [-0.05, 0) is 39.2 Å². The number of fused-ring (bicyclic) bond motifs is 1. The van der Waals surface area contributed by atoms with Gasteiger partial charge in [-0.2, -0.15) is 0 Å². The molecule has 3 rings (SSSR count). The first kappa shape index (κ1) is 19.6. The Hall–Kier alpha value is -2.15. The lowest BCUT2D eigenvalue weighted by molar-refractivity contribution is 0.0938. The number of furan rings is 1. The molecule has 1 aliphatic rings. The van der Waals surface area contributed by atoms with Gasteiger partial charge in [-0.3, -0.25) is 19.1 Å². The standard InChI is InChI=1S/C20H30N4O3/c1-13(2)11-24-12-22-19-17(20(24)26)16(15(4)27-19)18(25)21-8-10-23-9-6-5-7-14(23)3/h12-14H,5-11H2,1-4H3,(H,21,25)/t14-/m0/s1. The van der Waals surface area contributed by atoms with E-state index in [9.17, 15) is 9.59 Å². The highest BCUT2D eigenvalue weighted by Gasteiger charge is 2.23. The van der Waals surface area contributed by atoms with Crippen molar-refractivity contribution >= 4 is 17.0 Å². The molecule has 1 N–H and O–H groups in total. The summed E-state index contributed by atoms with van der Waals surface area (Å²) < 4.78 is 7.13. The number of nitrogens with one attached hydrogen (secondary N) is 1. The van der Waals surface area contributed by atoms with Crippen molar-refractivity contribution < 1.29 is 9.21 Å². The first-order valence-electron chi connectivity index (χ1n) is 9.89. The molecule has 3 heterocycles. The van der Waals surface area contributed by atoms with Gasteiger partial charge in [-0.1, -0.05) is 20.3 Å². The van der Waals surface area contributed by atoms with E-state index >= 15 is 0 Å². The molecule has 7 heteroatoms. The highest BCUT2D eigenvalue weighted by atomic mass is 16.3. The molecule has 148 valence electrons. The summed E-state index contributed by atoms with van der Waals surface area (Å²) in [7, 11) is 0. The summed E-state index contributed by atoms with van der Waals surface area (Å²) in [5.74, 6) is 0.469. The van der Waals surface area contributed by atoms with Gasteiger partial charge in [0, 0.05) is 25.7 Å². The summed E-state index contributed by atoms with van der Waals surface area (Å²) in [4.78, 5) is 32.3. The molecule has 0 saturated carbocycles. The zero-order valence-electron chi connectivity index (χ0n) is 16.7. The van der Waals surface area contributed by atoms with E-state index in [0.717, 1.165) is 13.1 Å². The Morgan fingerprint density at radius 1 is 1.41 bits per heavy atom. The lowest BCUT2D eigenvalue weighted by Crippen LogP contribution is -2.42. The minimum atomic E-state index is -0.267. The van der Waals surface area contributed by atoms with E-state index in [4.69, 9.17) is 4.42 Å². The predicted octanol–water partition coefficient (Wildman–Crippen LogP) is 2.56. The Labute approximate surface area is 159 Å². The van der Waals surface area contributed by atoms with Gasteiger partial charge >= 0.3 is 0 Å². The lowest BCUT2D eigenvalue weighted by atomic mass is 10.0. The summed E-state index contributed by atoms with van der Waals surface area (Å²) in [6, 6.07) is 0.555. The largest absolute Gasteiger partial charge is 0.442 e. The number of nitrogens with zero attached hydrogens (tertiary/aromatic N) is 3. The molecule has 27 heavy (non-hydrogen) atoms. The molecule has 0 aromatic carbocycles. The molecule has 1 fully saturated rings. The van der Waals surface area contributed by atoms with Gasteiger partial charge in [-0.15, -0.1) is 0 Å². The van der Waals surface area contributed by atoms with Gasteiger partial charge in [0.2, 0.25) is 5.71 Å². The topological polar surface area (TPSA) is 80.4 Å². The lowest BCUT2D eigenvalue weighted by Gasteiger charge is -2.33. The first-order valence-corrected chi connectivity index (χ1v) is 9.89. The number of aryl methyl sites for hydroxylation is 1. The second kappa shape index (κ2) is 8.25. The maximum Gasteiger partial charge on any atom is 0.265 e. The predicted molar refractivity (Wildman–Crippen MR) is 105 cm³/mol. The van der Waals surface area contributed by atoms with Crippen molar-refractivity contribution in [3.8, 4) is 0 Å². The number of piperidine rings is 1. The van der Waals surface area contributed by atoms with Crippen molar-refractivity contribution in [3.05, 3.63) is 28.0 Å². The van der Waals surface area contributed by atoms with Crippen molar-refractivity contribution in [2.75, 3.05) is 19.6 Å². The van der Waals surface area contributed by atoms with Crippen LogP contribution in [-0.2, 0) is 6.54 Å². The fourth-order valence-corrected chi connectivity index (χ4v) is 3.83. The third-order valence-corrected chi connectivity index (χ3v) is 5.27. The molecule has 2 aromatic heterocycles. The zero-order chi connectivity index (χ0) is 19.6. The van der Waals surface area contributed by atoms with E-state index in [1.165, 1.54) is 25.6 Å². The van der Waals surface area contributed by atoms with E-state index in [1.807, 2.05) is 13.8 Å². The molecule has 7 nitrogen and oxygen atoms in total. The van der Waals surface area contributed by atoms with E-state index in [0.29, 0.717) is 36.4 Å². The molecule has 1 aliphatic heterocycles. The number of carbonyl (C=O) groups excluding carboxylic acids is 1. The summed E-state index contributed by atoms with van der Waals surface area (Å²) >= 11 is 0. The average Bonchev–Trinajstić information content (AvgIpc) is 2.95. The van der Waals surface area contributed by atoms with E-state index in [2.05, 4.69) is 22.1 Å². The number of likely N-dealkylation sites (tertiary alicyclic amines) is 1. The van der Waals surface area contributed by atoms with Crippen LogP contribution in [0.5, 0.6) is 0 Å². The van der Waals surface area contributed by atoms with Crippen LogP contribution in [0.4, 0.5) is 0 Å². The van der Waals surface area contributed by atoms with Crippen molar-refractivity contribution in [1.29, 1.82) is 0 Å². The normalized spacial score (nSPS) is 18.3. The molecule has 1 amide bonds. The summed E-state index contributed by atoms with van der Waals surface area (Å²) in [5.41, 5.74) is 0.319. The monoisotopic (exact) mass is 374 g/mol. The molecular formula is C20H30N4O3. The molecule has 0 aliphatic carbocycles. The Balaban J connectivity index is 1.77. The Morgan fingerprint density at radius 3 is 2.89 bits per heavy atom. The van der Waals surface area contributed by atoms with Gasteiger partial charge in [0.1, 0.15) is 17.5 Å². The zero-order valence-corrected chi connectivity index (χ0v) is 16.7. The molecular weight excluding hydrogens is 344 g/mol. The minimum Gasteiger partial charge on any atom is -0.442 e. The Morgan fingerprint density at radius 2 is 2.19 bits per heavy atom. The molecule has 1 saturated heterocycles. The maximum absolute atomic E-state index is 12.8. The molecule has 1 atom stereocenters. The number of hydrogen-bond donors (Lipinski definition) is 1. The number of amides is 1. The summed E-state index contributed by atoms with van der Waals surface area (Å²) in [6.45, 7) is 11.0. The van der Waals surface area contributed by atoms with Crippen molar-refractivity contribution in [2.45, 2.75) is 59.5 Å². The van der Waals surface area contributed by atoms with Gasteiger partial charge in [-0.25, -0.2) is 4.98 Å². The highest BCUT2D eigenvalue weighted by molar-refractivity contribution is 6.06. The van der Waals surface area contributed by atoms with Crippen LogP contribution in [0, 0.1) is 12.8 Å². The third kappa shape index (κ3) is 4.24. The van der Waals surface area contributed by atoms with Crippen LogP contribution in [0.3, 0.4) is 0 Å². The van der Waals surface area contributed by atoms with Crippen LogP contribution >= 0.6 is 0 Å². The average molecular weight is 374 g/mol. The molecule has 0 unspecified atom stereocenters. The first-order chi connectivity index (χ1) is 12.9. The Kier molecular flexibility index (Phi) is 5.99. The van der Waals surface area contributed by atoms with Crippen LogP contribution in [0.15, 0.2) is 15.5 Å². The van der Waals surface area contributed by atoms with Crippen LogP contribution in [-0.4, -0.2) is 46.0 Å². The fraction of sp³-hybridized carbons (Fsp3) is 0.650. The van der Waals surface area contributed by atoms with Crippen LogP contribution < -0.4 is 10.9 Å². The van der Waals surface area contributed by atoms with Crippen LogP contribution in [0.25, 0.3) is 11.1 Å². The fourth-order valence-electron chi connectivity index (χ4n) is 3.83. The summed E-state index contributed by atoms with van der Waals surface area (Å²) in [5, 5.41) is 3.23. The molecule has 0 bridgehead atoms.